The van der Waals surface area contributed by atoms with Gasteiger partial charge in [-0.05, 0) is 49.2 Å². The highest BCUT2D eigenvalue weighted by Crippen LogP contribution is 2.45. The van der Waals surface area contributed by atoms with Gasteiger partial charge in [-0.3, -0.25) is 10.1 Å². The zero-order chi connectivity index (χ0) is 29.5. The Bertz CT molecular complexity index is 1420. The van der Waals surface area contributed by atoms with E-state index in [0.29, 0.717) is 72.3 Å². The fraction of sp³-hybridized carbons (Fsp3) is 0.355. The Hall–Kier alpha value is -4.60. The minimum atomic E-state index is -0.520. The van der Waals surface area contributed by atoms with E-state index in [9.17, 15) is 14.7 Å². The number of unbranched alkanes of at least 4 members (excludes halogenated alkanes) is 1. The minimum Gasteiger partial charge on any atom is -0.506 e. The molecule has 10 heteroatoms. The molecule has 0 unspecified atom stereocenters. The van der Waals surface area contributed by atoms with Crippen LogP contribution >= 0.6 is 0 Å². The molecule has 1 aromatic heterocycles. The lowest BCUT2D eigenvalue weighted by atomic mass is 9.95. The van der Waals surface area contributed by atoms with Gasteiger partial charge in [0.05, 0.1) is 32.5 Å². The summed E-state index contributed by atoms with van der Waals surface area (Å²) in [5.74, 6) is 0.925. The number of rotatable bonds is 10. The number of hydrogen-bond acceptors (Lipinski definition) is 8. The number of aromatic hydroxyl groups is 1. The molecule has 0 spiro atoms. The third kappa shape index (κ3) is 6.26. The number of methoxy groups -OCH3 is 3. The summed E-state index contributed by atoms with van der Waals surface area (Å²) < 4.78 is 15.9. The predicted molar refractivity (Wildman–Crippen MR) is 161 cm³/mol. The Kier molecular flexibility index (Phi) is 9.44. The lowest BCUT2D eigenvalue weighted by molar-refractivity contribution is 0.187. The van der Waals surface area contributed by atoms with Crippen LogP contribution in [0, 0.1) is 0 Å². The van der Waals surface area contributed by atoms with E-state index in [4.69, 9.17) is 9.47 Å². The van der Waals surface area contributed by atoms with Crippen molar-refractivity contribution in [1.82, 2.24) is 9.88 Å². The van der Waals surface area contributed by atoms with Crippen LogP contribution in [0.3, 0.4) is 0 Å². The maximum atomic E-state index is 13.4. The number of ether oxygens (including phenoxy) is 3. The number of nitrogens with zero attached hydrogens (tertiary/aromatic N) is 2. The number of benzene rings is 2. The van der Waals surface area contributed by atoms with Crippen LogP contribution < -0.4 is 25.2 Å². The van der Waals surface area contributed by atoms with Gasteiger partial charge in [-0.2, -0.15) is 0 Å². The van der Waals surface area contributed by atoms with E-state index in [-0.39, 0.29) is 16.9 Å². The monoisotopic (exact) mass is 562 g/mol. The predicted octanol–water partition coefficient (Wildman–Crippen LogP) is 5.08. The topological polar surface area (TPSA) is 116 Å². The van der Waals surface area contributed by atoms with Gasteiger partial charge < -0.3 is 34.1 Å². The summed E-state index contributed by atoms with van der Waals surface area (Å²) >= 11 is 0. The fourth-order valence-electron chi connectivity index (χ4n) is 5.13. The highest BCUT2D eigenvalue weighted by molar-refractivity contribution is 5.87. The molecule has 0 aliphatic carbocycles. The second-order valence-corrected chi connectivity index (χ2v) is 9.76. The summed E-state index contributed by atoms with van der Waals surface area (Å²) in [6, 6.07) is 12.9. The maximum Gasteiger partial charge on any atom is 0.411 e. The van der Waals surface area contributed by atoms with Gasteiger partial charge in [0.25, 0.3) is 5.56 Å². The molecule has 2 aromatic carbocycles. The zero-order valence-electron chi connectivity index (χ0n) is 24.1. The first kappa shape index (κ1) is 29.4. The van der Waals surface area contributed by atoms with Crippen molar-refractivity contribution < 1.29 is 24.1 Å². The van der Waals surface area contributed by atoms with Gasteiger partial charge in [-0.1, -0.05) is 26.0 Å². The third-order valence-corrected chi connectivity index (χ3v) is 7.34. The van der Waals surface area contributed by atoms with Crippen molar-refractivity contribution in [3.8, 4) is 28.4 Å². The lowest BCUT2D eigenvalue weighted by Crippen LogP contribution is -2.45. The molecule has 0 saturated carbocycles. The summed E-state index contributed by atoms with van der Waals surface area (Å²) in [6.45, 7) is 8.89. The van der Waals surface area contributed by atoms with Crippen molar-refractivity contribution in [2.75, 3.05) is 57.7 Å². The molecule has 1 aliphatic rings. The average Bonchev–Trinajstić information content (AvgIpc) is 3.00. The van der Waals surface area contributed by atoms with Gasteiger partial charge in [0.1, 0.15) is 22.8 Å². The van der Waals surface area contributed by atoms with E-state index in [2.05, 4.69) is 33.4 Å². The number of piperazine rings is 1. The molecule has 1 amide bonds. The maximum absolute atomic E-state index is 13.4. The van der Waals surface area contributed by atoms with Gasteiger partial charge in [-0.25, -0.2) is 4.79 Å². The Labute approximate surface area is 240 Å². The average molecular weight is 563 g/mol. The number of hydrogen-bond donors (Lipinski definition) is 3. The molecule has 1 fully saturated rings. The number of amides is 1. The van der Waals surface area contributed by atoms with Crippen LogP contribution in [-0.2, 0) is 11.2 Å². The summed E-state index contributed by atoms with van der Waals surface area (Å²) in [6.07, 6.45) is 1.82. The highest BCUT2D eigenvalue weighted by atomic mass is 16.5. The molecule has 1 saturated heterocycles. The normalized spacial score (nSPS) is 13.1. The first-order valence-electron chi connectivity index (χ1n) is 13.7. The van der Waals surface area contributed by atoms with Crippen LogP contribution in [0.1, 0.15) is 31.0 Å². The van der Waals surface area contributed by atoms with Crippen LogP contribution in [0.15, 0.2) is 53.8 Å². The van der Waals surface area contributed by atoms with Gasteiger partial charge in [0, 0.05) is 48.9 Å². The number of pyridine rings is 1. The standard InChI is InChI=1S/C31H38N4O6/c1-6-7-9-23-27(28-24(39-3)10-8-11-25(28)40-4)29(36)26(30(37)33-23)20(2)34-16-18-35(19-17-34)22-14-12-21(13-15-22)32-31(38)41-5/h8,10-15H,2,6-7,9,16-19H2,1,3-5H3,(H,32,38)(H2,33,36,37). The molecule has 10 nitrogen and oxygen atoms in total. The molecule has 4 rings (SSSR count). The smallest absolute Gasteiger partial charge is 0.411 e. The quantitative estimate of drug-likeness (QED) is 0.313. The molecule has 0 bridgehead atoms. The molecular weight excluding hydrogens is 524 g/mol. The zero-order valence-corrected chi connectivity index (χ0v) is 24.1. The Balaban J connectivity index is 1.62. The Morgan fingerprint density at radius 2 is 1.63 bits per heavy atom. The summed E-state index contributed by atoms with van der Waals surface area (Å²) in [7, 11) is 4.45. The molecule has 1 aliphatic heterocycles. The number of H-pyrrole nitrogens is 1. The van der Waals surface area contributed by atoms with E-state index >= 15 is 0 Å². The van der Waals surface area contributed by atoms with Crippen LogP contribution in [0.5, 0.6) is 17.2 Å². The van der Waals surface area contributed by atoms with Crippen molar-refractivity contribution >= 4 is 23.2 Å². The molecule has 3 N–H and O–H groups in total. The van der Waals surface area contributed by atoms with E-state index in [1.54, 1.807) is 26.4 Å². The summed E-state index contributed by atoms with van der Waals surface area (Å²) in [5, 5.41) is 14.4. The van der Waals surface area contributed by atoms with Crippen molar-refractivity contribution in [2.45, 2.75) is 26.2 Å². The van der Waals surface area contributed by atoms with Crippen molar-refractivity contribution in [3.05, 3.63) is 70.7 Å². The second-order valence-electron chi connectivity index (χ2n) is 9.76. The molecule has 0 radical (unpaired) electrons. The number of carbonyl (C=O) groups is 1. The second kappa shape index (κ2) is 13.2. The number of aromatic nitrogens is 1. The van der Waals surface area contributed by atoms with E-state index in [1.807, 2.05) is 35.2 Å². The third-order valence-electron chi connectivity index (χ3n) is 7.34. The van der Waals surface area contributed by atoms with E-state index in [1.165, 1.54) is 7.11 Å². The molecule has 3 aromatic rings. The summed E-state index contributed by atoms with van der Waals surface area (Å²) in [4.78, 5) is 32.1. The highest BCUT2D eigenvalue weighted by Gasteiger charge is 2.28. The molecule has 218 valence electrons. The number of aryl methyl sites for hydroxylation is 1. The van der Waals surface area contributed by atoms with Crippen molar-refractivity contribution in [3.63, 3.8) is 0 Å². The number of carbonyl (C=O) groups excluding carboxylic acids is 1. The minimum absolute atomic E-state index is 0.135. The van der Waals surface area contributed by atoms with Crippen molar-refractivity contribution in [2.24, 2.45) is 0 Å². The van der Waals surface area contributed by atoms with Crippen LogP contribution in [0.4, 0.5) is 16.2 Å². The largest absolute Gasteiger partial charge is 0.506 e. The van der Waals surface area contributed by atoms with Crippen LogP contribution in [0.2, 0.25) is 0 Å². The number of anilines is 2. The molecule has 41 heavy (non-hydrogen) atoms. The lowest BCUT2D eigenvalue weighted by Gasteiger charge is -2.38. The van der Waals surface area contributed by atoms with Crippen molar-refractivity contribution in [1.29, 1.82) is 0 Å². The first-order valence-corrected chi connectivity index (χ1v) is 13.7. The molecule has 0 atom stereocenters. The van der Waals surface area contributed by atoms with Gasteiger partial charge in [0.2, 0.25) is 0 Å². The fourth-order valence-corrected chi connectivity index (χ4v) is 5.13. The first-order chi connectivity index (χ1) is 19.8. The van der Waals surface area contributed by atoms with Gasteiger partial charge in [0.15, 0.2) is 0 Å². The molecule has 2 heterocycles. The Morgan fingerprint density at radius 1 is 1.00 bits per heavy atom. The Morgan fingerprint density at radius 3 is 2.20 bits per heavy atom. The van der Waals surface area contributed by atoms with Gasteiger partial charge in [-0.15, -0.1) is 0 Å². The number of nitrogens with one attached hydrogen (secondary N) is 2. The molecular formula is C31H38N4O6. The van der Waals surface area contributed by atoms with Crippen LogP contribution in [0.25, 0.3) is 16.8 Å². The van der Waals surface area contributed by atoms with E-state index < -0.39 is 6.09 Å². The number of aromatic amines is 1. The SMILES string of the molecule is C=C(c1c(O)c(-c2c(OC)cccc2OC)c(CCCC)[nH]c1=O)N1CCN(c2ccc(NC(=O)OC)cc2)CC1. The van der Waals surface area contributed by atoms with Gasteiger partial charge >= 0.3 is 6.09 Å². The van der Waals surface area contributed by atoms with E-state index in [0.717, 1.165) is 18.5 Å². The summed E-state index contributed by atoms with van der Waals surface area (Å²) in [5.41, 5.74) is 3.57. The van der Waals surface area contributed by atoms with Crippen LogP contribution in [-0.4, -0.2) is 68.6 Å².